The maximum absolute atomic E-state index is 14.2. The van der Waals surface area contributed by atoms with E-state index in [4.69, 9.17) is 0 Å². The summed E-state index contributed by atoms with van der Waals surface area (Å²) >= 11 is 3.88. The highest BCUT2D eigenvalue weighted by Gasteiger charge is 2.59. The van der Waals surface area contributed by atoms with Gasteiger partial charge in [-0.2, -0.15) is 0 Å². The molecular formula is C22H42OS2Si. The van der Waals surface area contributed by atoms with Gasteiger partial charge in [0.05, 0.1) is 8.07 Å². The Labute approximate surface area is 172 Å². The van der Waals surface area contributed by atoms with Gasteiger partial charge in [-0.15, -0.1) is 23.5 Å². The molecule has 1 rings (SSSR count). The number of carbonyl (C=O) groups excluding carboxylic acids is 1. The molecule has 4 heteroatoms. The molecule has 0 spiro atoms. The summed E-state index contributed by atoms with van der Waals surface area (Å²) in [6.07, 6.45) is 2.27. The first-order chi connectivity index (χ1) is 12.0. The first kappa shape index (κ1) is 24.4. The second kappa shape index (κ2) is 9.69. The Bertz CT molecular complexity index is 492. The molecule has 152 valence electrons. The Balaban J connectivity index is 3.59. The van der Waals surface area contributed by atoms with Crippen molar-refractivity contribution in [3.63, 3.8) is 0 Å². The van der Waals surface area contributed by atoms with Crippen molar-refractivity contribution in [2.75, 3.05) is 11.5 Å². The number of carbonyl (C=O) groups is 1. The summed E-state index contributed by atoms with van der Waals surface area (Å²) in [5, 5.41) is 1.32. The molecule has 0 heterocycles. The molecule has 0 aliphatic heterocycles. The number of ketones is 1. The van der Waals surface area contributed by atoms with E-state index >= 15 is 0 Å². The van der Waals surface area contributed by atoms with Crippen molar-refractivity contribution in [3.05, 3.63) is 10.8 Å². The van der Waals surface area contributed by atoms with Gasteiger partial charge in [0.15, 0.2) is 5.78 Å². The largest absolute Gasteiger partial charge is 0.292 e. The van der Waals surface area contributed by atoms with Crippen LogP contribution >= 0.6 is 23.5 Å². The van der Waals surface area contributed by atoms with Gasteiger partial charge in [-0.25, -0.2) is 0 Å². The van der Waals surface area contributed by atoms with Crippen molar-refractivity contribution < 1.29 is 4.79 Å². The molecule has 1 aliphatic rings. The van der Waals surface area contributed by atoms with Crippen LogP contribution in [-0.4, -0.2) is 29.4 Å². The molecule has 0 saturated carbocycles. The van der Waals surface area contributed by atoms with Crippen LogP contribution in [0.2, 0.25) is 16.6 Å². The molecule has 0 N–H and O–H groups in total. The predicted molar refractivity (Wildman–Crippen MR) is 126 cm³/mol. The van der Waals surface area contributed by atoms with Gasteiger partial charge in [0.1, 0.15) is 4.08 Å². The molecule has 26 heavy (non-hydrogen) atoms. The molecule has 1 aliphatic carbocycles. The number of allylic oxidation sites excluding steroid dienone is 2. The maximum Gasteiger partial charge on any atom is 0.181 e. The average Bonchev–Trinajstić information content (AvgIpc) is 2.73. The number of hydrogen-bond donors (Lipinski definition) is 0. The highest BCUT2D eigenvalue weighted by molar-refractivity contribution is 8.19. The van der Waals surface area contributed by atoms with E-state index in [1.807, 2.05) is 23.5 Å². The number of hydrogen-bond acceptors (Lipinski definition) is 3. The molecular weight excluding hydrogens is 372 g/mol. The van der Waals surface area contributed by atoms with E-state index in [1.54, 1.807) is 0 Å². The van der Waals surface area contributed by atoms with Crippen LogP contribution in [0.4, 0.5) is 0 Å². The third-order valence-electron chi connectivity index (χ3n) is 6.50. The zero-order chi connectivity index (χ0) is 20.3. The van der Waals surface area contributed by atoms with E-state index in [0.29, 0.717) is 28.3 Å². The predicted octanol–water partition coefficient (Wildman–Crippen LogP) is 7.72. The van der Waals surface area contributed by atoms with Crippen LogP contribution in [0.5, 0.6) is 0 Å². The fraction of sp³-hybridized carbons (Fsp3) is 0.864. The smallest absolute Gasteiger partial charge is 0.181 e. The summed E-state index contributed by atoms with van der Waals surface area (Å²) in [5.74, 6) is 3.00. The minimum absolute atomic E-state index is 0.275. The fourth-order valence-corrected chi connectivity index (χ4v) is 16.0. The van der Waals surface area contributed by atoms with Crippen molar-refractivity contribution in [2.45, 2.75) is 103 Å². The molecule has 1 nitrogen and oxygen atoms in total. The van der Waals surface area contributed by atoms with Gasteiger partial charge in [-0.1, -0.05) is 67.9 Å². The minimum Gasteiger partial charge on any atom is -0.292 e. The first-order valence-corrected chi connectivity index (χ1v) is 14.8. The highest BCUT2D eigenvalue weighted by atomic mass is 32.2. The SMILES string of the molecule is CCCSC1(SCCC)C(=O)C([Si](C(C)C)(C(C)C)C(C)C)=C(C)C1C. The molecule has 1 atom stereocenters. The molecule has 0 saturated heterocycles. The Kier molecular flexibility index (Phi) is 9.08. The summed E-state index contributed by atoms with van der Waals surface area (Å²) in [6, 6.07) is 0. The van der Waals surface area contributed by atoms with E-state index in [0.717, 1.165) is 24.3 Å². The van der Waals surface area contributed by atoms with Gasteiger partial charge >= 0.3 is 0 Å². The van der Waals surface area contributed by atoms with Crippen LogP contribution in [0.15, 0.2) is 10.8 Å². The Morgan fingerprint density at radius 3 is 1.62 bits per heavy atom. The fourth-order valence-electron chi connectivity index (χ4n) is 5.39. The van der Waals surface area contributed by atoms with Crippen molar-refractivity contribution in [2.24, 2.45) is 5.92 Å². The van der Waals surface area contributed by atoms with Crippen molar-refractivity contribution in [1.29, 1.82) is 0 Å². The lowest BCUT2D eigenvalue weighted by molar-refractivity contribution is -0.115. The van der Waals surface area contributed by atoms with E-state index < -0.39 is 8.07 Å². The van der Waals surface area contributed by atoms with Crippen LogP contribution in [0, 0.1) is 5.92 Å². The molecule has 0 bridgehead atoms. The lowest BCUT2D eigenvalue weighted by Gasteiger charge is -2.45. The highest BCUT2D eigenvalue weighted by Crippen LogP contribution is 2.59. The molecule has 0 radical (unpaired) electrons. The monoisotopic (exact) mass is 414 g/mol. The van der Waals surface area contributed by atoms with Gasteiger partial charge in [-0.05, 0) is 53.1 Å². The molecule has 0 amide bonds. The number of Topliss-reactive ketones (excluding diaryl/α,β-unsaturated/α-hetero) is 1. The summed E-state index contributed by atoms with van der Waals surface area (Å²) in [5.41, 5.74) is 3.19. The Morgan fingerprint density at radius 1 is 0.923 bits per heavy atom. The summed E-state index contributed by atoms with van der Waals surface area (Å²) in [4.78, 5) is 14.2. The molecule has 1 unspecified atom stereocenters. The molecule has 0 aromatic heterocycles. The lowest BCUT2D eigenvalue weighted by Crippen LogP contribution is -2.50. The lowest BCUT2D eigenvalue weighted by atomic mass is 10.1. The second-order valence-corrected chi connectivity index (χ2v) is 17.6. The zero-order valence-corrected chi connectivity index (χ0v) is 21.5. The first-order valence-electron chi connectivity index (χ1n) is 10.6. The van der Waals surface area contributed by atoms with Crippen LogP contribution in [0.25, 0.3) is 0 Å². The van der Waals surface area contributed by atoms with Gasteiger partial charge in [0.2, 0.25) is 0 Å². The van der Waals surface area contributed by atoms with E-state index in [2.05, 4.69) is 69.2 Å². The van der Waals surface area contributed by atoms with Crippen molar-refractivity contribution >= 4 is 37.4 Å². The third-order valence-corrected chi connectivity index (χ3v) is 17.6. The average molecular weight is 415 g/mol. The minimum atomic E-state index is -1.93. The van der Waals surface area contributed by atoms with E-state index in [1.165, 1.54) is 10.8 Å². The van der Waals surface area contributed by atoms with Gasteiger partial charge < -0.3 is 0 Å². The quantitative estimate of drug-likeness (QED) is 0.269. The summed E-state index contributed by atoms with van der Waals surface area (Å²) in [7, 11) is -1.93. The maximum atomic E-state index is 14.2. The Morgan fingerprint density at radius 2 is 1.31 bits per heavy atom. The van der Waals surface area contributed by atoms with Crippen molar-refractivity contribution in [1.82, 2.24) is 0 Å². The molecule has 0 aromatic rings. The van der Waals surface area contributed by atoms with Gasteiger partial charge in [-0.3, -0.25) is 4.79 Å². The molecule has 0 aromatic carbocycles. The Hall–Kier alpha value is 0.327. The van der Waals surface area contributed by atoms with E-state index in [-0.39, 0.29) is 4.08 Å². The van der Waals surface area contributed by atoms with Crippen LogP contribution in [-0.2, 0) is 4.79 Å². The summed E-state index contributed by atoms with van der Waals surface area (Å²) < 4.78 is -0.275. The van der Waals surface area contributed by atoms with Crippen LogP contribution < -0.4 is 0 Å². The standard InChI is InChI=1S/C22H42OS2Si/c1-11-13-24-22(25-14-12-2)19(10)18(9)20(21(22)23)26(15(3)4,16(5)6)17(7)8/h15-17,19H,11-14H2,1-10H3. The normalized spacial score (nSPS) is 21.0. The van der Waals surface area contributed by atoms with E-state index in [9.17, 15) is 4.79 Å². The number of rotatable bonds is 10. The van der Waals surface area contributed by atoms with Crippen LogP contribution in [0.1, 0.15) is 82.1 Å². The topological polar surface area (TPSA) is 17.1 Å². The second-order valence-electron chi connectivity index (χ2n) is 8.87. The van der Waals surface area contributed by atoms with Crippen molar-refractivity contribution in [3.8, 4) is 0 Å². The zero-order valence-electron chi connectivity index (χ0n) is 18.9. The van der Waals surface area contributed by atoms with Crippen LogP contribution in [0.3, 0.4) is 0 Å². The summed E-state index contributed by atoms with van der Waals surface area (Å²) in [6.45, 7) is 23.3. The van der Waals surface area contributed by atoms with Gasteiger partial charge in [0.25, 0.3) is 0 Å². The van der Waals surface area contributed by atoms with Gasteiger partial charge in [0, 0.05) is 5.92 Å². The molecule has 0 fully saturated rings. The third kappa shape index (κ3) is 3.89. The number of thioether (sulfide) groups is 2.